The molecular formula is C13H14ClN3O. The quantitative estimate of drug-likeness (QED) is 0.804. The number of aromatic nitrogens is 2. The first-order valence-electron chi connectivity index (χ1n) is 5.61. The zero-order valence-corrected chi connectivity index (χ0v) is 11.2. The van der Waals surface area contributed by atoms with Crippen molar-refractivity contribution in [3.63, 3.8) is 0 Å². The van der Waals surface area contributed by atoms with Crippen molar-refractivity contribution in [1.82, 2.24) is 9.97 Å². The second-order valence-electron chi connectivity index (χ2n) is 5.08. The van der Waals surface area contributed by atoms with Crippen LogP contribution in [-0.4, -0.2) is 15.9 Å². The molecule has 1 amide bonds. The molecule has 0 radical (unpaired) electrons. The molecule has 0 aliphatic carbocycles. The predicted molar refractivity (Wildman–Crippen MR) is 72.6 cm³/mol. The first kappa shape index (κ1) is 12.8. The maximum Gasteiger partial charge on any atom is 0.230 e. The van der Waals surface area contributed by atoms with E-state index in [9.17, 15) is 4.79 Å². The number of hydrogen-bond acceptors (Lipinski definition) is 3. The number of carbonyl (C=O) groups is 1. The van der Waals surface area contributed by atoms with Crippen LogP contribution < -0.4 is 5.32 Å². The number of rotatable bonds is 1. The summed E-state index contributed by atoms with van der Waals surface area (Å²) in [7, 11) is 0. The average molecular weight is 264 g/mol. The van der Waals surface area contributed by atoms with Gasteiger partial charge in [-0.15, -0.1) is 0 Å². The number of fused-ring (bicyclic) bond motifs is 1. The molecule has 0 saturated heterocycles. The Labute approximate surface area is 110 Å². The highest BCUT2D eigenvalue weighted by Crippen LogP contribution is 2.19. The van der Waals surface area contributed by atoms with Gasteiger partial charge in [-0.3, -0.25) is 4.79 Å². The molecule has 0 aliphatic rings. The lowest BCUT2D eigenvalue weighted by atomic mass is 9.96. The second kappa shape index (κ2) is 4.53. The summed E-state index contributed by atoms with van der Waals surface area (Å²) >= 11 is 5.81. The number of halogens is 1. The lowest BCUT2D eigenvalue weighted by Gasteiger charge is -2.17. The van der Waals surface area contributed by atoms with Crippen LogP contribution in [0.25, 0.3) is 11.0 Å². The molecule has 0 atom stereocenters. The van der Waals surface area contributed by atoms with E-state index in [-0.39, 0.29) is 5.91 Å². The first-order chi connectivity index (χ1) is 8.36. The third-order valence-corrected chi connectivity index (χ3v) is 2.65. The fraction of sp³-hybridized carbons (Fsp3) is 0.308. The predicted octanol–water partition coefficient (Wildman–Crippen LogP) is 3.27. The highest BCUT2D eigenvalue weighted by Gasteiger charge is 2.21. The van der Waals surface area contributed by atoms with Crippen LogP contribution in [0.2, 0.25) is 5.15 Å². The van der Waals surface area contributed by atoms with Crippen LogP contribution in [0, 0.1) is 5.41 Å². The van der Waals surface area contributed by atoms with Crippen molar-refractivity contribution in [1.29, 1.82) is 0 Å². The third kappa shape index (κ3) is 2.76. The molecule has 2 aromatic rings. The van der Waals surface area contributed by atoms with Crippen LogP contribution >= 0.6 is 11.6 Å². The Bertz CT molecular complexity index is 605. The van der Waals surface area contributed by atoms with Crippen LogP contribution in [0.3, 0.4) is 0 Å². The molecule has 0 aromatic carbocycles. The van der Waals surface area contributed by atoms with Gasteiger partial charge >= 0.3 is 0 Å². The van der Waals surface area contributed by atoms with Crippen molar-refractivity contribution in [3.05, 3.63) is 29.4 Å². The molecule has 0 saturated carbocycles. The topological polar surface area (TPSA) is 54.9 Å². The Balaban J connectivity index is 2.33. The normalized spacial score (nSPS) is 11.6. The van der Waals surface area contributed by atoms with E-state index in [4.69, 9.17) is 11.6 Å². The molecule has 1 N–H and O–H groups in total. The smallest absolute Gasteiger partial charge is 0.230 e. The van der Waals surface area contributed by atoms with Gasteiger partial charge in [0.1, 0.15) is 11.0 Å². The van der Waals surface area contributed by atoms with Gasteiger partial charge in [-0.2, -0.15) is 0 Å². The lowest BCUT2D eigenvalue weighted by molar-refractivity contribution is -0.123. The van der Waals surface area contributed by atoms with Crippen LogP contribution in [0.4, 0.5) is 5.82 Å². The van der Waals surface area contributed by atoms with Gasteiger partial charge in [0, 0.05) is 10.8 Å². The highest BCUT2D eigenvalue weighted by molar-refractivity contribution is 6.29. The summed E-state index contributed by atoms with van der Waals surface area (Å²) < 4.78 is 0. The molecule has 0 unspecified atom stereocenters. The Kier molecular flexibility index (Phi) is 3.22. The van der Waals surface area contributed by atoms with E-state index >= 15 is 0 Å². The van der Waals surface area contributed by atoms with Crippen molar-refractivity contribution < 1.29 is 4.79 Å². The van der Waals surface area contributed by atoms with E-state index in [2.05, 4.69) is 15.3 Å². The molecule has 4 nitrogen and oxygen atoms in total. The molecule has 94 valence electrons. The minimum atomic E-state index is -0.460. The minimum absolute atomic E-state index is 0.0867. The Morgan fingerprint density at radius 1 is 1.17 bits per heavy atom. The van der Waals surface area contributed by atoms with E-state index in [0.717, 1.165) is 5.39 Å². The van der Waals surface area contributed by atoms with Gasteiger partial charge in [-0.1, -0.05) is 32.4 Å². The van der Waals surface area contributed by atoms with Crippen molar-refractivity contribution in [2.45, 2.75) is 20.8 Å². The number of pyridine rings is 2. The van der Waals surface area contributed by atoms with Crippen molar-refractivity contribution >= 4 is 34.4 Å². The lowest BCUT2D eigenvalue weighted by Crippen LogP contribution is -2.28. The Morgan fingerprint density at radius 3 is 2.50 bits per heavy atom. The fourth-order valence-electron chi connectivity index (χ4n) is 1.35. The molecule has 18 heavy (non-hydrogen) atoms. The number of anilines is 1. The van der Waals surface area contributed by atoms with Crippen LogP contribution in [-0.2, 0) is 4.79 Å². The summed E-state index contributed by atoms with van der Waals surface area (Å²) in [5.74, 6) is 0.397. The van der Waals surface area contributed by atoms with Gasteiger partial charge in [0.05, 0.1) is 0 Å². The number of nitrogens with one attached hydrogen (secondary N) is 1. The molecule has 5 heteroatoms. The number of amides is 1. The van der Waals surface area contributed by atoms with Crippen LogP contribution in [0.5, 0.6) is 0 Å². The molecule has 0 spiro atoms. The summed E-state index contributed by atoms with van der Waals surface area (Å²) in [4.78, 5) is 20.2. The zero-order valence-electron chi connectivity index (χ0n) is 10.5. The van der Waals surface area contributed by atoms with E-state index in [0.29, 0.717) is 16.6 Å². The minimum Gasteiger partial charge on any atom is -0.310 e. The van der Waals surface area contributed by atoms with Gasteiger partial charge in [0.2, 0.25) is 5.91 Å². The van der Waals surface area contributed by atoms with Gasteiger partial charge in [-0.25, -0.2) is 9.97 Å². The van der Waals surface area contributed by atoms with Gasteiger partial charge in [-0.05, 0) is 24.3 Å². The Hall–Kier alpha value is -1.68. The van der Waals surface area contributed by atoms with Gasteiger partial charge in [0.25, 0.3) is 0 Å². The summed E-state index contributed by atoms with van der Waals surface area (Å²) in [6.07, 6.45) is 0. The molecule has 2 heterocycles. The molecule has 0 bridgehead atoms. The molecule has 0 aliphatic heterocycles. The van der Waals surface area contributed by atoms with E-state index in [1.165, 1.54) is 0 Å². The standard InChI is InChI=1S/C13H14ClN3O/c1-13(2,3)12(18)17-10-7-5-8-4-6-9(14)15-11(8)16-10/h4-7H,1-3H3,(H,15,16,17,18). The molecule has 2 rings (SSSR count). The molecule has 0 fully saturated rings. The number of nitrogens with zero attached hydrogens (tertiary/aromatic N) is 2. The van der Waals surface area contributed by atoms with Crippen molar-refractivity contribution in [2.75, 3.05) is 5.32 Å². The van der Waals surface area contributed by atoms with E-state index in [1.807, 2.05) is 32.9 Å². The highest BCUT2D eigenvalue weighted by atomic mass is 35.5. The number of hydrogen-bond donors (Lipinski definition) is 1. The summed E-state index contributed by atoms with van der Waals surface area (Å²) in [5, 5.41) is 4.03. The Morgan fingerprint density at radius 2 is 1.83 bits per heavy atom. The van der Waals surface area contributed by atoms with Gasteiger partial charge < -0.3 is 5.32 Å². The summed E-state index contributed by atoms with van der Waals surface area (Å²) in [5.41, 5.74) is 0.0625. The summed E-state index contributed by atoms with van der Waals surface area (Å²) in [6.45, 7) is 5.54. The number of carbonyl (C=O) groups excluding carboxylic acids is 1. The third-order valence-electron chi connectivity index (χ3n) is 2.44. The average Bonchev–Trinajstić information content (AvgIpc) is 2.27. The monoisotopic (exact) mass is 263 g/mol. The van der Waals surface area contributed by atoms with Crippen LogP contribution in [0.1, 0.15) is 20.8 Å². The largest absolute Gasteiger partial charge is 0.310 e. The molecular weight excluding hydrogens is 250 g/mol. The second-order valence-corrected chi connectivity index (χ2v) is 5.47. The fourth-order valence-corrected chi connectivity index (χ4v) is 1.49. The van der Waals surface area contributed by atoms with Crippen molar-refractivity contribution in [3.8, 4) is 0 Å². The van der Waals surface area contributed by atoms with Gasteiger partial charge in [0.15, 0.2) is 5.65 Å². The van der Waals surface area contributed by atoms with E-state index < -0.39 is 5.41 Å². The van der Waals surface area contributed by atoms with Crippen LogP contribution in [0.15, 0.2) is 24.3 Å². The van der Waals surface area contributed by atoms with E-state index in [1.54, 1.807) is 12.1 Å². The zero-order chi connectivity index (χ0) is 13.3. The summed E-state index contributed by atoms with van der Waals surface area (Å²) in [6, 6.07) is 7.15. The molecule has 2 aromatic heterocycles. The SMILES string of the molecule is CC(C)(C)C(=O)Nc1ccc2ccc(Cl)nc2n1. The first-order valence-corrected chi connectivity index (χ1v) is 5.99. The maximum atomic E-state index is 11.8. The maximum absolute atomic E-state index is 11.8. The van der Waals surface area contributed by atoms with Crippen molar-refractivity contribution in [2.24, 2.45) is 5.41 Å².